The zero-order valence-corrected chi connectivity index (χ0v) is 13.0. The first-order chi connectivity index (χ1) is 9.55. The van der Waals surface area contributed by atoms with Crippen LogP contribution in [0.4, 0.5) is 0 Å². The second kappa shape index (κ2) is 5.19. The molecule has 3 nitrogen and oxygen atoms in total. The number of hydrogen-bond acceptors (Lipinski definition) is 4. The molecule has 0 radical (unpaired) electrons. The average Bonchev–Trinajstić information content (AvgIpc) is 2.92. The number of nitrogens with zero attached hydrogens (tertiary/aromatic N) is 1. The standard InChI is InChI=1S/C16H20N2OS/c1-11-14(20-10-18-11)9-17-8-13-6-4-5-12-7-16(2,3)19-15(12)13/h4-6,10,17H,7-9H2,1-3H3. The number of aromatic nitrogens is 1. The third-order valence-electron chi connectivity index (χ3n) is 3.62. The number of rotatable bonds is 4. The summed E-state index contributed by atoms with van der Waals surface area (Å²) in [6.07, 6.45) is 0.990. The van der Waals surface area contributed by atoms with Crippen molar-refractivity contribution in [2.24, 2.45) is 0 Å². The summed E-state index contributed by atoms with van der Waals surface area (Å²) in [4.78, 5) is 5.58. The van der Waals surface area contributed by atoms with Crippen LogP contribution in [0.5, 0.6) is 5.75 Å². The fourth-order valence-electron chi connectivity index (χ4n) is 2.63. The van der Waals surface area contributed by atoms with Gasteiger partial charge in [-0.1, -0.05) is 18.2 Å². The van der Waals surface area contributed by atoms with E-state index in [4.69, 9.17) is 4.74 Å². The molecule has 0 unspecified atom stereocenters. The molecule has 0 aliphatic carbocycles. The van der Waals surface area contributed by atoms with Crippen LogP contribution >= 0.6 is 11.3 Å². The molecule has 0 amide bonds. The lowest BCUT2D eigenvalue weighted by Crippen LogP contribution is -2.25. The van der Waals surface area contributed by atoms with Crippen LogP contribution in [0.15, 0.2) is 23.7 Å². The number of fused-ring (bicyclic) bond motifs is 1. The molecular formula is C16H20N2OS. The predicted octanol–water partition coefficient (Wildman–Crippen LogP) is 3.45. The van der Waals surface area contributed by atoms with Gasteiger partial charge in [0.2, 0.25) is 0 Å². The summed E-state index contributed by atoms with van der Waals surface area (Å²) in [5, 5.41) is 3.49. The van der Waals surface area contributed by atoms with Crippen molar-refractivity contribution in [3.8, 4) is 5.75 Å². The van der Waals surface area contributed by atoms with Crippen molar-refractivity contribution in [3.63, 3.8) is 0 Å². The smallest absolute Gasteiger partial charge is 0.127 e. The van der Waals surface area contributed by atoms with Crippen molar-refractivity contribution in [1.82, 2.24) is 10.3 Å². The van der Waals surface area contributed by atoms with Crippen LogP contribution in [-0.2, 0) is 19.5 Å². The highest BCUT2D eigenvalue weighted by molar-refractivity contribution is 7.09. The minimum Gasteiger partial charge on any atom is -0.487 e. The summed E-state index contributed by atoms with van der Waals surface area (Å²) < 4.78 is 6.09. The van der Waals surface area contributed by atoms with Gasteiger partial charge in [-0.05, 0) is 26.3 Å². The van der Waals surface area contributed by atoms with Crippen molar-refractivity contribution in [3.05, 3.63) is 45.4 Å². The lowest BCUT2D eigenvalue weighted by Gasteiger charge is -2.18. The molecule has 0 bridgehead atoms. The van der Waals surface area contributed by atoms with E-state index in [1.165, 1.54) is 16.0 Å². The summed E-state index contributed by atoms with van der Waals surface area (Å²) in [5.74, 6) is 1.08. The first-order valence-electron chi connectivity index (χ1n) is 6.95. The van der Waals surface area contributed by atoms with E-state index in [9.17, 15) is 0 Å². The van der Waals surface area contributed by atoms with Gasteiger partial charge in [-0.3, -0.25) is 0 Å². The van der Waals surface area contributed by atoms with E-state index in [-0.39, 0.29) is 5.60 Å². The Morgan fingerprint density at radius 1 is 1.35 bits per heavy atom. The molecule has 1 aliphatic rings. The van der Waals surface area contributed by atoms with E-state index in [2.05, 4.69) is 49.3 Å². The summed E-state index contributed by atoms with van der Waals surface area (Å²) in [7, 11) is 0. The van der Waals surface area contributed by atoms with Crippen molar-refractivity contribution >= 4 is 11.3 Å². The second-order valence-electron chi connectivity index (χ2n) is 5.91. The number of thiazole rings is 1. The quantitative estimate of drug-likeness (QED) is 0.935. The normalized spacial score (nSPS) is 15.9. The van der Waals surface area contributed by atoms with E-state index >= 15 is 0 Å². The van der Waals surface area contributed by atoms with E-state index in [1.807, 2.05) is 5.51 Å². The monoisotopic (exact) mass is 288 g/mol. The second-order valence-corrected chi connectivity index (χ2v) is 6.85. The minimum absolute atomic E-state index is 0.0767. The van der Waals surface area contributed by atoms with E-state index < -0.39 is 0 Å². The van der Waals surface area contributed by atoms with Crippen LogP contribution in [0.2, 0.25) is 0 Å². The predicted molar refractivity (Wildman–Crippen MR) is 82.2 cm³/mol. The molecular weight excluding hydrogens is 268 g/mol. The van der Waals surface area contributed by atoms with Gasteiger partial charge in [0.15, 0.2) is 0 Å². The van der Waals surface area contributed by atoms with Gasteiger partial charge in [0.1, 0.15) is 11.4 Å². The van der Waals surface area contributed by atoms with Gasteiger partial charge in [0.05, 0.1) is 11.2 Å². The molecule has 0 saturated heterocycles. The van der Waals surface area contributed by atoms with Crippen molar-refractivity contribution in [1.29, 1.82) is 0 Å². The molecule has 4 heteroatoms. The molecule has 0 saturated carbocycles. The van der Waals surface area contributed by atoms with Crippen LogP contribution < -0.4 is 10.1 Å². The molecule has 3 rings (SSSR count). The summed E-state index contributed by atoms with van der Waals surface area (Å²) in [6.45, 7) is 8.04. The van der Waals surface area contributed by atoms with Crippen molar-refractivity contribution < 1.29 is 4.74 Å². The molecule has 2 aromatic rings. The largest absolute Gasteiger partial charge is 0.487 e. The molecule has 1 N–H and O–H groups in total. The Bertz CT molecular complexity index is 619. The lowest BCUT2D eigenvalue weighted by atomic mass is 10.0. The Morgan fingerprint density at radius 2 is 2.20 bits per heavy atom. The third kappa shape index (κ3) is 2.72. The highest BCUT2D eigenvalue weighted by Gasteiger charge is 2.31. The minimum atomic E-state index is -0.0767. The molecule has 106 valence electrons. The number of benzene rings is 1. The Kier molecular flexibility index (Phi) is 3.52. The van der Waals surface area contributed by atoms with Crippen LogP contribution in [-0.4, -0.2) is 10.6 Å². The van der Waals surface area contributed by atoms with Gasteiger partial charge in [-0.15, -0.1) is 11.3 Å². The van der Waals surface area contributed by atoms with Crippen LogP contribution in [0.3, 0.4) is 0 Å². The molecule has 0 spiro atoms. The maximum Gasteiger partial charge on any atom is 0.127 e. The van der Waals surface area contributed by atoms with Gasteiger partial charge in [-0.2, -0.15) is 0 Å². The fourth-order valence-corrected chi connectivity index (χ4v) is 3.37. The Labute approximate surface area is 124 Å². The summed E-state index contributed by atoms with van der Waals surface area (Å²) in [6, 6.07) is 6.44. The van der Waals surface area contributed by atoms with Crippen molar-refractivity contribution in [2.45, 2.75) is 45.9 Å². The zero-order chi connectivity index (χ0) is 14.2. The molecule has 0 fully saturated rings. The van der Waals surface area contributed by atoms with E-state index in [0.717, 1.165) is 31.0 Å². The molecule has 20 heavy (non-hydrogen) atoms. The van der Waals surface area contributed by atoms with Gasteiger partial charge in [0, 0.05) is 30.0 Å². The Morgan fingerprint density at radius 3 is 2.95 bits per heavy atom. The summed E-state index contributed by atoms with van der Waals surface area (Å²) >= 11 is 1.71. The number of hydrogen-bond donors (Lipinski definition) is 1. The molecule has 1 aromatic heterocycles. The number of aryl methyl sites for hydroxylation is 1. The zero-order valence-electron chi connectivity index (χ0n) is 12.2. The molecule has 2 heterocycles. The average molecular weight is 288 g/mol. The fraction of sp³-hybridized carbons (Fsp3) is 0.438. The lowest BCUT2D eigenvalue weighted by molar-refractivity contribution is 0.137. The first kappa shape index (κ1) is 13.6. The van der Waals surface area contributed by atoms with Gasteiger partial charge in [-0.25, -0.2) is 4.98 Å². The third-order valence-corrected chi connectivity index (χ3v) is 4.55. The maximum atomic E-state index is 6.09. The Balaban J connectivity index is 1.68. The van der Waals surface area contributed by atoms with Crippen LogP contribution in [0, 0.1) is 6.92 Å². The topological polar surface area (TPSA) is 34.2 Å². The van der Waals surface area contributed by atoms with E-state index in [1.54, 1.807) is 11.3 Å². The highest BCUT2D eigenvalue weighted by Crippen LogP contribution is 2.37. The molecule has 1 aromatic carbocycles. The van der Waals surface area contributed by atoms with Crippen molar-refractivity contribution in [2.75, 3.05) is 0 Å². The van der Waals surface area contributed by atoms with Gasteiger partial charge >= 0.3 is 0 Å². The first-order valence-corrected chi connectivity index (χ1v) is 7.82. The highest BCUT2D eigenvalue weighted by atomic mass is 32.1. The van der Waals surface area contributed by atoms with Gasteiger partial charge < -0.3 is 10.1 Å². The van der Waals surface area contributed by atoms with E-state index in [0.29, 0.717) is 0 Å². The maximum absolute atomic E-state index is 6.09. The molecule has 1 aliphatic heterocycles. The number of nitrogens with one attached hydrogen (secondary N) is 1. The Hall–Kier alpha value is -1.39. The van der Waals surface area contributed by atoms with Crippen LogP contribution in [0.25, 0.3) is 0 Å². The number of para-hydroxylation sites is 1. The van der Waals surface area contributed by atoms with Gasteiger partial charge in [0.25, 0.3) is 0 Å². The SMILES string of the molecule is Cc1ncsc1CNCc1cccc2c1OC(C)(C)C2. The van der Waals surface area contributed by atoms with Crippen LogP contribution in [0.1, 0.15) is 35.5 Å². The molecule has 0 atom stereocenters. The summed E-state index contributed by atoms with van der Waals surface area (Å²) in [5.41, 5.74) is 5.52. The number of ether oxygens (including phenoxy) is 1.